The van der Waals surface area contributed by atoms with Crippen LogP contribution in [-0.4, -0.2) is 65.5 Å². The van der Waals surface area contributed by atoms with Crippen molar-refractivity contribution in [1.29, 1.82) is 0 Å². The second-order valence-corrected chi connectivity index (χ2v) is 9.62. The lowest BCUT2D eigenvalue weighted by Crippen LogP contribution is -2.47. The highest BCUT2D eigenvalue weighted by Crippen LogP contribution is 2.33. The first-order valence-corrected chi connectivity index (χ1v) is 12.7. The Bertz CT molecular complexity index is 1110. The Morgan fingerprint density at radius 2 is 1.89 bits per heavy atom. The zero-order chi connectivity index (χ0) is 24.2. The number of hydrogen-bond donors (Lipinski definition) is 3. The number of rotatable bonds is 6. The minimum atomic E-state index is -0.0176. The van der Waals surface area contributed by atoms with Gasteiger partial charge in [0.1, 0.15) is 18.3 Å². The number of aromatic nitrogens is 2. The second-order valence-electron chi connectivity index (χ2n) is 9.62. The molecule has 3 aliphatic rings. The minimum Gasteiger partial charge on any atom is -0.369 e. The molecule has 1 saturated carbocycles. The van der Waals surface area contributed by atoms with Crippen molar-refractivity contribution in [3.05, 3.63) is 59.7 Å². The maximum Gasteiger partial charge on any atom is 0.263 e. The molecule has 8 nitrogen and oxygen atoms in total. The highest BCUT2D eigenvalue weighted by atomic mass is 16.2. The number of nitrogens with one attached hydrogen (secondary N) is 3. The molecule has 0 radical (unpaired) electrons. The lowest BCUT2D eigenvalue weighted by Gasteiger charge is -2.35. The predicted octanol–water partition coefficient (Wildman–Crippen LogP) is 3.79. The van der Waals surface area contributed by atoms with Gasteiger partial charge in [-0.05, 0) is 57.0 Å². The average Bonchev–Trinajstić information content (AvgIpc) is 3.60. The van der Waals surface area contributed by atoms with Gasteiger partial charge >= 0.3 is 0 Å². The first kappa shape index (κ1) is 23.4. The molecular formula is C27H35N7O. The Labute approximate surface area is 207 Å². The van der Waals surface area contributed by atoms with Crippen LogP contribution in [0.2, 0.25) is 0 Å². The normalized spacial score (nSPS) is 20.5. The lowest BCUT2D eigenvalue weighted by atomic mass is 9.96. The van der Waals surface area contributed by atoms with Gasteiger partial charge in [0.2, 0.25) is 0 Å². The number of allylic oxidation sites excluding steroid dienone is 1. The summed E-state index contributed by atoms with van der Waals surface area (Å²) in [6, 6.07) is 8.71. The summed E-state index contributed by atoms with van der Waals surface area (Å²) >= 11 is 0. The molecule has 2 aliphatic heterocycles. The monoisotopic (exact) mass is 473 g/mol. The molecule has 1 aliphatic carbocycles. The number of hydrogen-bond acceptors (Lipinski definition) is 6. The summed E-state index contributed by atoms with van der Waals surface area (Å²) in [5, 5.41) is 6.82. The average molecular weight is 474 g/mol. The molecule has 1 aromatic carbocycles. The molecule has 1 aromatic heterocycles. The fraction of sp³-hybridized carbons (Fsp3) is 0.444. The number of aromatic amines is 1. The third-order valence-electron chi connectivity index (χ3n) is 7.05. The summed E-state index contributed by atoms with van der Waals surface area (Å²) in [5.41, 5.74) is 5.00. The van der Waals surface area contributed by atoms with Crippen molar-refractivity contribution in [2.24, 2.45) is 4.99 Å². The summed E-state index contributed by atoms with van der Waals surface area (Å²) in [5.74, 6) is 1.36. The maximum absolute atomic E-state index is 13.7. The highest BCUT2D eigenvalue weighted by molar-refractivity contribution is 6.30. The summed E-state index contributed by atoms with van der Waals surface area (Å²) in [6.45, 7) is 8.67. The Kier molecular flexibility index (Phi) is 6.99. The van der Waals surface area contributed by atoms with Gasteiger partial charge in [-0.25, -0.2) is 9.98 Å². The fourth-order valence-electron chi connectivity index (χ4n) is 5.16. The summed E-state index contributed by atoms with van der Waals surface area (Å²) in [7, 11) is 0. The largest absolute Gasteiger partial charge is 0.369 e. The van der Waals surface area contributed by atoms with Crippen molar-refractivity contribution < 1.29 is 4.79 Å². The topological polar surface area (TPSA) is 88.6 Å². The molecule has 3 heterocycles. The van der Waals surface area contributed by atoms with E-state index in [1.807, 2.05) is 11.0 Å². The first-order chi connectivity index (χ1) is 17.1. The van der Waals surface area contributed by atoms with E-state index in [1.165, 1.54) is 5.69 Å². The zero-order valence-electron chi connectivity index (χ0n) is 20.7. The van der Waals surface area contributed by atoms with E-state index < -0.39 is 0 Å². The van der Waals surface area contributed by atoms with Crippen LogP contribution in [0.25, 0.3) is 5.57 Å². The Morgan fingerprint density at radius 3 is 2.54 bits per heavy atom. The van der Waals surface area contributed by atoms with Crippen LogP contribution in [-0.2, 0) is 4.79 Å². The number of carbonyl (C=O) groups is 1. The summed E-state index contributed by atoms with van der Waals surface area (Å²) in [4.78, 5) is 30.4. The van der Waals surface area contributed by atoms with Gasteiger partial charge < -0.3 is 20.5 Å². The van der Waals surface area contributed by atoms with E-state index in [4.69, 9.17) is 4.99 Å². The number of imidazole rings is 1. The van der Waals surface area contributed by atoms with Crippen LogP contribution in [0, 0.1) is 0 Å². The molecule has 0 bridgehead atoms. The predicted molar refractivity (Wildman–Crippen MR) is 141 cm³/mol. The molecule has 1 saturated heterocycles. The number of aliphatic imine (C=N–C) groups is 1. The number of anilines is 2. The number of carbonyl (C=O) groups excluding carboxylic acids is 1. The molecule has 2 aromatic rings. The van der Waals surface area contributed by atoms with Crippen LogP contribution >= 0.6 is 0 Å². The number of benzene rings is 1. The summed E-state index contributed by atoms with van der Waals surface area (Å²) < 4.78 is 0. The van der Waals surface area contributed by atoms with Crippen molar-refractivity contribution in [1.82, 2.24) is 20.2 Å². The van der Waals surface area contributed by atoms with Crippen LogP contribution in [0.15, 0.2) is 58.9 Å². The van der Waals surface area contributed by atoms with Crippen molar-refractivity contribution in [3.63, 3.8) is 0 Å². The van der Waals surface area contributed by atoms with Gasteiger partial charge in [-0.3, -0.25) is 9.69 Å². The van der Waals surface area contributed by atoms with Gasteiger partial charge in [0.25, 0.3) is 5.91 Å². The lowest BCUT2D eigenvalue weighted by molar-refractivity contribution is -0.123. The fourth-order valence-corrected chi connectivity index (χ4v) is 5.16. The van der Waals surface area contributed by atoms with Gasteiger partial charge in [-0.15, -0.1) is 0 Å². The molecule has 35 heavy (non-hydrogen) atoms. The quantitative estimate of drug-likeness (QED) is 0.594. The van der Waals surface area contributed by atoms with Crippen LogP contribution in [0.4, 0.5) is 11.4 Å². The number of H-pyrrole nitrogens is 1. The van der Waals surface area contributed by atoms with E-state index >= 15 is 0 Å². The molecule has 3 N–H and O–H groups in total. The minimum absolute atomic E-state index is 0.0176. The van der Waals surface area contributed by atoms with Crippen molar-refractivity contribution in [2.45, 2.75) is 45.6 Å². The van der Waals surface area contributed by atoms with Gasteiger partial charge in [-0.2, -0.15) is 0 Å². The van der Waals surface area contributed by atoms with Gasteiger partial charge in [0, 0.05) is 61.6 Å². The third kappa shape index (κ3) is 5.03. The molecule has 2 fully saturated rings. The smallest absolute Gasteiger partial charge is 0.263 e. The molecule has 0 unspecified atom stereocenters. The maximum atomic E-state index is 13.7. The van der Waals surface area contributed by atoms with E-state index in [1.54, 1.807) is 12.4 Å². The Hall–Kier alpha value is -3.39. The molecule has 8 heteroatoms. The standard InChI is InChI=1S/C27H35N7O/c1-19(2)23-17-24(25-29-11-12-30-25)27(35)34(22-5-3-4-6-22)26(23)32-18-31-20-7-9-21(10-8-20)33-15-13-28-14-16-33/h7-12,17,22,28,31H,3-6,13-16,18H2,1-2H3,(H,29,30)/b32-26+. The Morgan fingerprint density at radius 1 is 1.14 bits per heavy atom. The first-order valence-electron chi connectivity index (χ1n) is 12.7. The second kappa shape index (κ2) is 10.5. The molecule has 5 rings (SSSR count). The molecule has 184 valence electrons. The zero-order valence-corrected chi connectivity index (χ0v) is 20.7. The Balaban J connectivity index is 1.38. The number of piperazine rings is 1. The third-order valence-corrected chi connectivity index (χ3v) is 7.05. The number of amides is 1. The molecule has 0 spiro atoms. The summed E-state index contributed by atoms with van der Waals surface area (Å²) in [6.07, 6.45) is 9.69. The van der Waals surface area contributed by atoms with E-state index in [0.29, 0.717) is 18.1 Å². The molecule has 1 amide bonds. The van der Waals surface area contributed by atoms with Gasteiger partial charge in [0.05, 0.1) is 5.57 Å². The van der Waals surface area contributed by atoms with E-state index in [9.17, 15) is 4.79 Å². The van der Waals surface area contributed by atoms with Crippen molar-refractivity contribution in [2.75, 3.05) is 43.1 Å². The van der Waals surface area contributed by atoms with E-state index in [-0.39, 0.29) is 11.9 Å². The van der Waals surface area contributed by atoms with Crippen LogP contribution in [0.1, 0.15) is 45.4 Å². The van der Waals surface area contributed by atoms with E-state index in [0.717, 1.165) is 74.5 Å². The molecule has 0 atom stereocenters. The van der Waals surface area contributed by atoms with Crippen LogP contribution < -0.4 is 15.5 Å². The van der Waals surface area contributed by atoms with Crippen LogP contribution in [0.3, 0.4) is 0 Å². The van der Waals surface area contributed by atoms with Gasteiger partial charge in [0.15, 0.2) is 0 Å². The van der Waals surface area contributed by atoms with Gasteiger partial charge in [-0.1, -0.05) is 18.4 Å². The van der Waals surface area contributed by atoms with E-state index in [2.05, 4.69) is 63.6 Å². The highest BCUT2D eigenvalue weighted by Gasteiger charge is 2.37. The van der Waals surface area contributed by atoms with Crippen molar-refractivity contribution >= 4 is 28.7 Å². The molecular weight excluding hydrogens is 438 g/mol. The SMILES string of the molecule is CC(C)=C1C=C(c2ncc[nH]2)C(=O)N(C2CCCC2)/C1=N/CNc1ccc(N2CCNCC2)cc1. The number of nitrogens with zero attached hydrogens (tertiary/aromatic N) is 4. The van der Waals surface area contributed by atoms with Crippen LogP contribution in [0.5, 0.6) is 0 Å². The number of amidine groups is 1. The van der Waals surface area contributed by atoms with Crippen molar-refractivity contribution in [3.8, 4) is 0 Å².